The van der Waals surface area contributed by atoms with Gasteiger partial charge in [-0.15, -0.1) is 0 Å². The van der Waals surface area contributed by atoms with E-state index < -0.39 is 0 Å². The van der Waals surface area contributed by atoms with E-state index >= 15 is 0 Å². The highest BCUT2D eigenvalue weighted by molar-refractivity contribution is 8.00. The second-order valence-electron chi connectivity index (χ2n) is 6.11. The van der Waals surface area contributed by atoms with Gasteiger partial charge in [0.1, 0.15) is 0 Å². The highest BCUT2D eigenvalue weighted by Crippen LogP contribution is 2.41. The Bertz CT molecular complexity index is 311. The Labute approximate surface area is 121 Å². The lowest BCUT2D eigenvalue weighted by atomic mass is 9.91. The van der Waals surface area contributed by atoms with Crippen molar-refractivity contribution < 1.29 is 4.74 Å². The molecule has 19 heavy (non-hydrogen) atoms. The van der Waals surface area contributed by atoms with Crippen LogP contribution < -0.4 is 5.73 Å². The highest BCUT2D eigenvalue weighted by Gasteiger charge is 2.47. The van der Waals surface area contributed by atoms with Crippen LogP contribution in [0.2, 0.25) is 0 Å². The van der Waals surface area contributed by atoms with Gasteiger partial charge in [0.15, 0.2) is 0 Å². The zero-order chi connectivity index (χ0) is 13.3. The molecule has 5 heteroatoms. The number of nitrogens with two attached hydrogens (primary N) is 1. The lowest BCUT2D eigenvalue weighted by Gasteiger charge is -2.42. The van der Waals surface area contributed by atoms with Gasteiger partial charge >= 0.3 is 0 Å². The second kappa shape index (κ2) is 5.90. The van der Waals surface area contributed by atoms with Gasteiger partial charge in [0.2, 0.25) is 0 Å². The van der Waals surface area contributed by atoms with Gasteiger partial charge in [0.25, 0.3) is 0 Å². The van der Waals surface area contributed by atoms with Crippen LogP contribution in [-0.4, -0.2) is 78.3 Å². The van der Waals surface area contributed by atoms with Gasteiger partial charge in [-0.05, 0) is 18.6 Å². The van der Waals surface area contributed by atoms with Crippen LogP contribution >= 0.6 is 11.8 Å². The Hall–Kier alpha value is 0.190. The van der Waals surface area contributed by atoms with Crippen molar-refractivity contribution in [3.63, 3.8) is 0 Å². The third-order valence-electron chi connectivity index (χ3n) is 5.37. The molecule has 3 aliphatic heterocycles. The lowest BCUT2D eigenvalue weighted by molar-refractivity contribution is 0.0149. The molecule has 4 nitrogen and oxygen atoms in total. The van der Waals surface area contributed by atoms with Crippen molar-refractivity contribution in [2.75, 3.05) is 51.7 Å². The Morgan fingerprint density at radius 3 is 2.74 bits per heavy atom. The molecular formula is C14H27N3OS. The molecule has 0 spiro atoms. The minimum absolute atomic E-state index is 0.270. The molecule has 3 heterocycles. The fourth-order valence-electron chi connectivity index (χ4n) is 3.97. The summed E-state index contributed by atoms with van der Waals surface area (Å²) in [6.07, 6.45) is 2.57. The van der Waals surface area contributed by atoms with Gasteiger partial charge in [-0.2, -0.15) is 11.8 Å². The molecule has 3 atom stereocenters. The SMILES string of the molecule is CC1SCCC1(CN)N1CCC(N2CCOCC2)C1. The number of morpholine rings is 1. The lowest BCUT2D eigenvalue weighted by Crippen LogP contribution is -2.57. The van der Waals surface area contributed by atoms with E-state index in [9.17, 15) is 0 Å². The predicted octanol–water partition coefficient (Wildman–Crippen LogP) is 0.616. The summed E-state index contributed by atoms with van der Waals surface area (Å²) < 4.78 is 5.47. The van der Waals surface area contributed by atoms with Gasteiger partial charge < -0.3 is 10.5 Å². The molecule has 0 saturated carbocycles. The predicted molar refractivity (Wildman–Crippen MR) is 80.7 cm³/mol. The first-order chi connectivity index (χ1) is 9.26. The zero-order valence-corrected chi connectivity index (χ0v) is 12.8. The minimum Gasteiger partial charge on any atom is -0.379 e. The van der Waals surface area contributed by atoms with E-state index in [1.165, 1.54) is 31.7 Å². The van der Waals surface area contributed by atoms with Crippen LogP contribution in [0.1, 0.15) is 19.8 Å². The smallest absolute Gasteiger partial charge is 0.0594 e. The summed E-state index contributed by atoms with van der Waals surface area (Å²) in [4.78, 5) is 5.33. The van der Waals surface area contributed by atoms with Crippen molar-refractivity contribution in [2.45, 2.75) is 36.6 Å². The normalized spacial score (nSPS) is 42.0. The molecule has 3 fully saturated rings. The average molecular weight is 285 g/mol. The summed E-state index contributed by atoms with van der Waals surface area (Å²) in [5.41, 5.74) is 6.44. The van der Waals surface area contributed by atoms with E-state index in [4.69, 9.17) is 10.5 Å². The highest BCUT2D eigenvalue weighted by atomic mass is 32.2. The maximum Gasteiger partial charge on any atom is 0.0594 e. The molecule has 0 aliphatic carbocycles. The summed E-state index contributed by atoms with van der Waals surface area (Å²) >= 11 is 2.10. The number of likely N-dealkylation sites (tertiary alicyclic amines) is 1. The molecule has 0 radical (unpaired) electrons. The van der Waals surface area contributed by atoms with Crippen molar-refractivity contribution in [1.82, 2.24) is 9.80 Å². The average Bonchev–Trinajstić information content (AvgIpc) is 3.07. The number of ether oxygens (including phenoxy) is 1. The number of thioether (sulfide) groups is 1. The molecule has 0 aromatic carbocycles. The molecular weight excluding hydrogens is 258 g/mol. The van der Waals surface area contributed by atoms with Crippen LogP contribution in [0, 0.1) is 0 Å². The summed E-state index contributed by atoms with van der Waals surface area (Å²) in [6, 6.07) is 0.727. The van der Waals surface area contributed by atoms with Crippen LogP contribution in [0.4, 0.5) is 0 Å². The number of nitrogens with zero attached hydrogens (tertiary/aromatic N) is 2. The van der Waals surface area contributed by atoms with E-state index in [-0.39, 0.29) is 5.54 Å². The largest absolute Gasteiger partial charge is 0.379 e. The molecule has 0 bridgehead atoms. The van der Waals surface area contributed by atoms with Gasteiger partial charge in [0, 0.05) is 49.6 Å². The first-order valence-electron chi connectivity index (χ1n) is 7.65. The van der Waals surface area contributed by atoms with Crippen molar-refractivity contribution in [2.24, 2.45) is 5.73 Å². The van der Waals surface area contributed by atoms with E-state index in [1.807, 2.05) is 0 Å². The third kappa shape index (κ3) is 2.56. The molecule has 0 aromatic heterocycles. The summed E-state index contributed by atoms with van der Waals surface area (Å²) in [7, 11) is 0. The molecule has 0 aromatic rings. The Kier molecular flexibility index (Phi) is 4.39. The van der Waals surface area contributed by atoms with Gasteiger partial charge in [0.05, 0.1) is 13.2 Å². The maximum absolute atomic E-state index is 6.17. The van der Waals surface area contributed by atoms with E-state index in [2.05, 4.69) is 28.5 Å². The summed E-state index contributed by atoms with van der Waals surface area (Å²) in [6.45, 7) is 9.66. The summed E-state index contributed by atoms with van der Waals surface area (Å²) in [5.74, 6) is 1.27. The van der Waals surface area contributed by atoms with Gasteiger partial charge in [-0.1, -0.05) is 6.92 Å². The molecule has 2 N–H and O–H groups in total. The van der Waals surface area contributed by atoms with Crippen molar-refractivity contribution in [3.8, 4) is 0 Å². The van der Waals surface area contributed by atoms with Crippen LogP contribution in [0.5, 0.6) is 0 Å². The van der Waals surface area contributed by atoms with Gasteiger partial charge in [-0.25, -0.2) is 0 Å². The Balaban J connectivity index is 1.64. The first kappa shape index (κ1) is 14.1. The fraction of sp³-hybridized carbons (Fsp3) is 1.00. The topological polar surface area (TPSA) is 41.7 Å². The molecule has 3 unspecified atom stereocenters. The summed E-state index contributed by atoms with van der Waals surface area (Å²) in [5, 5.41) is 0.681. The van der Waals surface area contributed by atoms with E-state index in [0.29, 0.717) is 5.25 Å². The van der Waals surface area contributed by atoms with Crippen LogP contribution in [0.15, 0.2) is 0 Å². The number of hydrogen-bond donors (Lipinski definition) is 1. The molecule has 3 saturated heterocycles. The molecule has 3 aliphatic rings. The van der Waals surface area contributed by atoms with E-state index in [0.717, 1.165) is 38.9 Å². The number of rotatable bonds is 3. The number of hydrogen-bond acceptors (Lipinski definition) is 5. The van der Waals surface area contributed by atoms with Crippen molar-refractivity contribution >= 4 is 11.8 Å². The minimum atomic E-state index is 0.270. The van der Waals surface area contributed by atoms with Crippen molar-refractivity contribution in [3.05, 3.63) is 0 Å². The maximum atomic E-state index is 6.17. The first-order valence-corrected chi connectivity index (χ1v) is 8.70. The van der Waals surface area contributed by atoms with Crippen LogP contribution in [0.25, 0.3) is 0 Å². The Morgan fingerprint density at radius 1 is 1.32 bits per heavy atom. The van der Waals surface area contributed by atoms with Gasteiger partial charge in [-0.3, -0.25) is 9.80 Å². The standard InChI is InChI=1S/C14H27N3OS/c1-12-14(11-15,3-9-19-12)17-4-2-13(10-17)16-5-7-18-8-6-16/h12-13H,2-11,15H2,1H3. The third-order valence-corrected chi connectivity index (χ3v) is 6.75. The van der Waals surface area contributed by atoms with Crippen molar-refractivity contribution in [1.29, 1.82) is 0 Å². The fourth-order valence-corrected chi connectivity index (χ4v) is 5.47. The van der Waals surface area contributed by atoms with Crippen LogP contribution in [0.3, 0.4) is 0 Å². The quantitative estimate of drug-likeness (QED) is 0.823. The van der Waals surface area contributed by atoms with E-state index in [1.54, 1.807) is 0 Å². The molecule has 0 amide bonds. The monoisotopic (exact) mass is 285 g/mol. The van der Waals surface area contributed by atoms with Crippen LogP contribution in [-0.2, 0) is 4.74 Å². The Morgan fingerprint density at radius 2 is 2.11 bits per heavy atom. The molecule has 110 valence electrons. The second-order valence-corrected chi connectivity index (χ2v) is 7.56. The molecule has 3 rings (SSSR count). The zero-order valence-electron chi connectivity index (χ0n) is 12.0.